The van der Waals surface area contributed by atoms with Gasteiger partial charge in [-0.25, -0.2) is 0 Å². The Bertz CT molecular complexity index is 852. The molecule has 0 atom stereocenters. The van der Waals surface area contributed by atoms with E-state index in [-0.39, 0.29) is 5.91 Å². The topological polar surface area (TPSA) is 73.0 Å². The van der Waals surface area contributed by atoms with Crippen molar-refractivity contribution in [3.8, 4) is 0 Å². The average Bonchev–Trinajstić information content (AvgIpc) is 2.67. The smallest absolute Gasteiger partial charge is 0.303 e. The van der Waals surface area contributed by atoms with Crippen LogP contribution in [0.25, 0.3) is 0 Å². The quantitative estimate of drug-likeness (QED) is 0.746. The van der Waals surface area contributed by atoms with E-state index in [1.807, 2.05) is 37.4 Å². The molecule has 0 radical (unpaired) electrons. The Balaban J connectivity index is 1.92. The number of carbonyl (C=O) groups is 1. The molecule has 0 bridgehead atoms. The van der Waals surface area contributed by atoms with Crippen LogP contribution in [-0.4, -0.2) is 59.9 Å². The van der Waals surface area contributed by atoms with Crippen LogP contribution in [0.5, 0.6) is 0 Å². The van der Waals surface area contributed by atoms with Crippen LogP contribution in [0.3, 0.4) is 0 Å². The van der Waals surface area contributed by atoms with Crippen molar-refractivity contribution in [1.82, 2.24) is 9.62 Å². The lowest BCUT2D eigenvalue weighted by Gasteiger charge is -2.23. The first-order valence-electron chi connectivity index (χ1n) is 8.54. The number of hydrogen-bond donors (Lipinski definition) is 1. The predicted molar refractivity (Wildman–Crippen MR) is 109 cm³/mol. The van der Waals surface area contributed by atoms with Gasteiger partial charge < -0.3 is 10.2 Å². The van der Waals surface area contributed by atoms with E-state index in [0.29, 0.717) is 24.3 Å². The van der Waals surface area contributed by atoms with Crippen molar-refractivity contribution in [3.05, 3.63) is 60.2 Å². The Labute approximate surface area is 161 Å². The summed E-state index contributed by atoms with van der Waals surface area (Å²) in [5, 5.41) is 2.88. The second kappa shape index (κ2) is 8.88. The molecular weight excluding hydrogens is 364 g/mol. The van der Waals surface area contributed by atoms with Gasteiger partial charge in [-0.2, -0.15) is 12.7 Å². The van der Waals surface area contributed by atoms with Gasteiger partial charge in [-0.1, -0.05) is 18.2 Å². The summed E-state index contributed by atoms with van der Waals surface area (Å²) in [6, 6.07) is 16.4. The Morgan fingerprint density at radius 3 is 2.04 bits per heavy atom. The van der Waals surface area contributed by atoms with Crippen LogP contribution in [-0.2, 0) is 10.2 Å². The standard InChI is InChI=1S/C19H26N4O3S/c1-21(2)27(25,26)23(4)18-12-10-16(11-13-18)19(24)20-14-15-22(3)17-8-6-5-7-9-17/h5-13H,14-15H2,1-4H3,(H,20,24). The first-order valence-corrected chi connectivity index (χ1v) is 9.94. The van der Waals surface area contributed by atoms with Crippen LogP contribution in [0.2, 0.25) is 0 Å². The van der Waals surface area contributed by atoms with Crippen molar-refractivity contribution in [2.24, 2.45) is 0 Å². The number of amides is 1. The second-order valence-corrected chi connectivity index (χ2v) is 8.49. The number of likely N-dealkylation sites (N-methyl/N-ethyl adjacent to an activating group) is 1. The van der Waals surface area contributed by atoms with Crippen molar-refractivity contribution < 1.29 is 13.2 Å². The minimum atomic E-state index is -3.55. The van der Waals surface area contributed by atoms with E-state index in [2.05, 4.69) is 10.2 Å². The number of nitrogens with one attached hydrogen (secondary N) is 1. The molecule has 0 heterocycles. The molecule has 0 aliphatic carbocycles. The van der Waals surface area contributed by atoms with Gasteiger partial charge in [-0.3, -0.25) is 9.10 Å². The second-order valence-electron chi connectivity index (χ2n) is 6.32. The molecule has 1 amide bonds. The number of carbonyl (C=O) groups excluding carboxylic acids is 1. The van der Waals surface area contributed by atoms with E-state index in [1.54, 1.807) is 24.3 Å². The molecule has 0 unspecified atom stereocenters. The van der Waals surface area contributed by atoms with E-state index in [4.69, 9.17) is 0 Å². The zero-order valence-electron chi connectivity index (χ0n) is 16.1. The Morgan fingerprint density at radius 2 is 1.48 bits per heavy atom. The first-order chi connectivity index (χ1) is 12.7. The van der Waals surface area contributed by atoms with E-state index < -0.39 is 10.2 Å². The fourth-order valence-corrected chi connectivity index (χ4v) is 3.33. The van der Waals surface area contributed by atoms with Crippen LogP contribution >= 0.6 is 0 Å². The van der Waals surface area contributed by atoms with E-state index >= 15 is 0 Å². The molecule has 1 N–H and O–H groups in total. The average molecular weight is 391 g/mol. The molecule has 2 aromatic rings. The number of benzene rings is 2. The van der Waals surface area contributed by atoms with Crippen LogP contribution in [0.15, 0.2) is 54.6 Å². The summed E-state index contributed by atoms with van der Waals surface area (Å²) in [4.78, 5) is 14.3. The summed E-state index contributed by atoms with van der Waals surface area (Å²) in [5.74, 6) is -0.193. The fourth-order valence-electron chi connectivity index (χ4n) is 2.45. The molecule has 0 saturated carbocycles. The van der Waals surface area contributed by atoms with Gasteiger partial charge >= 0.3 is 10.2 Å². The number of anilines is 2. The molecule has 0 spiro atoms. The maximum atomic E-state index is 12.3. The Hall–Kier alpha value is -2.58. The minimum absolute atomic E-state index is 0.193. The van der Waals surface area contributed by atoms with Gasteiger partial charge in [-0.15, -0.1) is 0 Å². The van der Waals surface area contributed by atoms with Crippen LogP contribution < -0.4 is 14.5 Å². The molecule has 0 aliphatic rings. The van der Waals surface area contributed by atoms with Crippen LogP contribution in [0, 0.1) is 0 Å². The highest BCUT2D eigenvalue weighted by molar-refractivity contribution is 7.90. The molecule has 2 rings (SSSR count). The maximum Gasteiger partial charge on any atom is 0.303 e. The highest BCUT2D eigenvalue weighted by atomic mass is 32.2. The van der Waals surface area contributed by atoms with Crippen molar-refractivity contribution in [2.75, 3.05) is 50.5 Å². The van der Waals surface area contributed by atoms with E-state index in [1.165, 1.54) is 25.4 Å². The van der Waals surface area contributed by atoms with Crippen molar-refractivity contribution in [3.63, 3.8) is 0 Å². The summed E-state index contributed by atoms with van der Waals surface area (Å²) in [5.41, 5.74) is 2.06. The normalized spacial score (nSPS) is 11.3. The molecule has 2 aromatic carbocycles. The van der Waals surface area contributed by atoms with E-state index in [9.17, 15) is 13.2 Å². The molecule has 8 heteroatoms. The summed E-state index contributed by atoms with van der Waals surface area (Å²) < 4.78 is 26.6. The van der Waals surface area contributed by atoms with Crippen molar-refractivity contribution >= 4 is 27.5 Å². The Morgan fingerprint density at radius 1 is 0.889 bits per heavy atom. The highest BCUT2D eigenvalue weighted by Crippen LogP contribution is 2.18. The summed E-state index contributed by atoms with van der Waals surface area (Å²) in [6.07, 6.45) is 0. The van der Waals surface area contributed by atoms with Gasteiger partial charge in [0, 0.05) is 52.5 Å². The highest BCUT2D eigenvalue weighted by Gasteiger charge is 2.21. The molecule has 0 aliphatic heterocycles. The number of para-hydroxylation sites is 1. The molecule has 27 heavy (non-hydrogen) atoms. The summed E-state index contributed by atoms with van der Waals surface area (Å²) >= 11 is 0. The predicted octanol–water partition coefficient (Wildman–Crippen LogP) is 1.80. The van der Waals surface area contributed by atoms with Gasteiger partial charge in [0.2, 0.25) is 0 Å². The third-order valence-electron chi connectivity index (χ3n) is 4.23. The molecule has 7 nitrogen and oxygen atoms in total. The maximum absolute atomic E-state index is 12.3. The zero-order valence-corrected chi connectivity index (χ0v) is 16.9. The van der Waals surface area contributed by atoms with E-state index in [0.717, 1.165) is 9.99 Å². The van der Waals surface area contributed by atoms with Crippen LogP contribution in [0.4, 0.5) is 11.4 Å². The summed E-state index contributed by atoms with van der Waals surface area (Å²) in [6.45, 7) is 1.18. The van der Waals surface area contributed by atoms with Gasteiger partial charge in [0.15, 0.2) is 0 Å². The van der Waals surface area contributed by atoms with Gasteiger partial charge in [0.1, 0.15) is 0 Å². The SMILES string of the molecule is CN(CCNC(=O)c1ccc(N(C)S(=O)(=O)N(C)C)cc1)c1ccccc1. The van der Waals surface area contributed by atoms with Crippen molar-refractivity contribution in [2.45, 2.75) is 0 Å². The monoisotopic (exact) mass is 390 g/mol. The van der Waals surface area contributed by atoms with Gasteiger partial charge in [-0.05, 0) is 36.4 Å². The Kier molecular flexibility index (Phi) is 6.81. The molecular formula is C19H26N4O3S. The van der Waals surface area contributed by atoms with Crippen molar-refractivity contribution in [1.29, 1.82) is 0 Å². The third kappa shape index (κ3) is 5.21. The molecule has 146 valence electrons. The zero-order chi connectivity index (χ0) is 20.0. The lowest BCUT2D eigenvalue weighted by molar-refractivity contribution is 0.0954. The lowest BCUT2D eigenvalue weighted by atomic mass is 10.2. The minimum Gasteiger partial charge on any atom is -0.373 e. The molecule has 0 saturated heterocycles. The number of hydrogen-bond acceptors (Lipinski definition) is 4. The third-order valence-corrected chi connectivity index (χ3v) is 6.06. The fraction of sp³-hybridized carbons (Fsp3) is 0.316. The summed E-state index contributed by atoms with van der Waals surface area (Å²) in [7, 11) is 2.84. The van der Waals surface area contributed by atoms with Gasteiger partial charge in [0.05, 0.1) is 5.69 Å². The largest absolute Gasteiger partial charge is 0.373 e. The molecule has 0 fully saturated rings. The first kappa shape index (κ1) is 20.7. The van der Waals surface area contributed by atoms with Crippen LogP contribution in [0.1, 0.15) is 10.4 Å². The number of nitrogens with zero attached hydrogens (tertiary/aromatic N) is 3. The molecule has 0 aromatic heterocycles. The van der Waals surface area contributed by atoms with Gasteiger partial charge in [0.25, 0.3) is 5.91 Å². The lowest BCUT2D eigenvalue weighted by Crippen LogP contribution is -2.37. The number of rotatable bonds is 8.